The van der Waals surface area contributed by atoms with E-state index in [0.717, 1.165) is 17.1 Å². The van der Waals surface area contributed by atoms with Gasteiger partial charge in [-0.3, -0.25) is 14.6 Å². The summed E-state index contributed by atoms with van der Waals surface area (Å²) in [6.45, 7) is 0. The molecule has 0 N–H and O–H groups in total. The molecule has 0 aromatic carbocycles. The minimum Gasteiger partial charge on any atom is -0.271 e. The van der Waals surface area contributed by atoms with E-state index in [1.807, 2.05) is 13.1 Å². The van der Waals surface area contributed by atoms with Crippen molar-refractivity contribution in [3.05, 3.63) is 30.4 Å². The largest absolute Gasteiger partial charge is 0.271 e. The monoisotopic (exact) mass is 208 g/mol. The molecule has 0 unspecified atom stereocenters. The SMILES string of the molecule is Cn1nc(-c2cnccn2)cc1CCl. The van der Waals surface area contributed by atoms with E-state index in [9.17, 15) is 0 Å². The average molecular weight is 209 g/mol. The Bertz CT molecular complexity index is 424. The van der Waals surface area contributed by atoms with Gasteiger partial charge in [-0.1, -0.05) is 0 Å². The van der Waals surface area contributed by atoms with Crippen LogP contribution in [0.3, 0.4) is 0 Å². The second-order valence-electron chi connectivity index (χ2n) is 2.87. The standard InChI is InChI=1S/C9H9ClN4/c1-14-7(5-10)4-8(13-14)9-6-11-2-3-12-9/h2-4,6H,5H2,1H3. The van der Waals surface area contributed by atoms with Gasteiger partial charge in [-0.15, -0.1) is 11.6 Å². The zero-order valence-electron chi connectivity index (χ0n) is 7.68. The first-order chi connectivity index (χ1) is 6.81. The van der Waals surface area contributed by atoms with Crippen molar-refractivity contribution in [3.63, 3.8) is 0 Å². The first-order valence-electron chi connectivity index (χ1n) is 4.16. The molecule has 0 radical (unpaired) electrons. The molecule has 72 valence electrons. The van der Waals surface area contributed by atoms with Crippen molar-refractivity contribution in [2.24, 2.45) is 7.05 Å². The van der Waals surface area contributed by atoms with Crippen LogP contribution in [0.1, 0.15) is 5.69 Å². The summed E-state index contributed by atoms with van der Waals surface area (Å²) >= 11 is 5.74. The lowest BCUT2D eigenvalue weighted by Gasteiger charge is -1.92. The highest BCUT2D eigenvalue weighted by molar-refractivity contribution is 6.16. The number of rotatable bonds is 2. The Labute approximate surface area is 86.6 Å². The van der Waals surface area contributed by atoms with Gasteiger partial charge in [0.25, 0.3) is 0 Å². The van der Waals surface area contributed by atoms with E-state index in [-0.39, 0.29) is 0 Å². The molecule has 2 aromatic rings. The van der Waals surface area contributed by atoms with Crippen LogP contribution in [-0.4, -0.2) is 19.7 Å². The van der Waals surface area contributed by atoms with Gasteiger partial charge in [-0.2, -0.15) is 5.10 Å². The number of nitrogens with zero attached hydrogens (tertiary/aromatic N) is 4. The van der Waals surface area contributed by atoms with Crippen LogP contribution in [0.25, 0.3) is 11.4 Å². The van der Waals surface area contributed by atoms with Gasteiger partial charge in [0, 0.05) is 19.4 Å². The summed E-state index contributed by atoms with van der Waals surface area (Å²) in [6.07, 6.45) is 4.96. The number of hydrogen-bond donors (Lipinski definition) is 0. The Balaban J connectivity index is 2.43. The molecule has 2 aromatic heterocycles. The van der Waals surface area contributed by atoms with E-state index in [0.29, 0.717) is 5.88 Å². The van der Waals surface area contributed by atoms with Gasteiger partial charge in [0.15, 0.2) is 0 Å². The molecular weight excluding hydrogens is 200 g/mol. The van der Waals surface area contributed by atoms with Crippen molar-refractivity contribution in [1.82, 2.24) is 19.7 Å². The van der Waals surface area contributed by atoms with Crippen molar-refractivity contribution in [3.8, 4) is 11.4 Å². The molecule has 2 heterocycles. The normalized spacial score (nSPS) is 10.4. The van der Waals surface area contributed by atoms with Crippen LogP contribution in [-0.2, 0) is 12.9 Å². The minimum absolute atomic E-state index is 0.448. The van der Waals surface area contributed by atoms with Crippen LogP contribution in [0.15, 0.2) is 24.7 Å². The van der Waals surface area contributed by atoms with E-state index in [4.69, 9.17) is 11.6 Å². The molecule has 0 amide bonds. The minimum atomic E-state index is 0.448. The average Bonchev–Trinajstić information content (AvgIpc) is 2.61. The third kappa shape index (κ3) is 1.61. The Morgan fingerprint density at radius 3 is 2.79 bits per heavy atom. The van der Waals surface area contributed by atoms with Crippen LogP contribution in [0.2, 0.25) is 0 Å². The van der Waals surface area contributed by atoms with E-state index in [1.54, 1.807) is 23.3 Å². The molecule has 0 spiro atoms. The van der Waals surface area contributed by atoms with Crippen molar-refractivity contribution in [2.45, 2.75) is 5.88 Å². The lowest BCUT2D eigenvalue weighted by atomic mass is 10.3. The molecule has 0 atom stereocenters. The Morgan fingerprint density at radius 2 is 2.21 bits per heavy atom. The number of aromatic nitrogens is 4. The molecule has 0 bridgehead atoms. The lowest BCUT2D eigenvalue weighted by molar-refractivity contribution is 0.737. The van der Waals surface area contributed by atoms with E-state index < -0.39 is 0 Å². The number of halogens is 1. The maximum atomic E-state index is 5.74. The molecule has 0 fully saturated rings. The molecule has 0 aliphatic heterocycles. The third-order valence-corrected chi connectivity index (χ3v) is 2.21. The Hall–Kier alpha value is -1.42. The third-order valence-electron chi connectivity index (χ3n) is 1.94. The molecule has 0 aliphatic rings. The Kier molecular flexibility index (Phi) is 2.45. The number of hydrogen-bond acceptors (Lipinski definition) is 3. The maximum Gasteiger partial charge on any atom is 0.113 e. The molecule has 0 saturated carbocycles. The predicted molar refractivity (Wildman–Crippen MR) is 53.8 cm³/mol. The Morgan fingerprint density at radius 1 is 1.36 bits per heavy atom. The fraction of sp³-hybridized carbons (Fsp3) is 0.222. The fourth-order valence-electron chi connectivity index (χ4n) is 1.19. The van der Waals surface area contributed by atoms with Gasteiger partial charge in [0.05, 0.1) is 17.8 Å². The first-order valence-corrected chi connectivity index (χ1v) is 4.70. The zero-order chi connectivity index (χ0) is 9.97. The molecular formula is C9H9ClN4. The molecule has 2 rings (SSSR count). The molecule has 14 heavy (non-hydrogen) atoms. The summed E-state index contributed by atoms with van der Waals surface area (Å²) in [5.74, 6) is 0.448. The van der Waals surface area contributed by atoms with Crippen LogP contribution in [0.4, 0.5) is 0 Å². The maximum absolute atomic E-state index is 5.74. The van der Waals surface area contributed by atoms with Gasteiger partial charge in [0.1, 0.15) is 11.4 Å². The van der Waals surface area contributed by atoms with Crippen LogP contribution >= 0.6 is 11.6 Å². The number of aryl methyl sites for hydroxylation is 1. The second kappa shape index (κ2) is 3.75. The highest BCUT2D eigenvalue weighted by Crippen LogP contribution is 2.15. The van der Waals surface area contributed by atoms with Crippen LogP contribution in [0, 0.1) is 0 Å². The summed E-state index contributed by atoms with van der Waals surface area (Å²) in [5.41, 5.74) is 2.53. The highest BCUT2D eigenvalue weighted by Gasteiger charge is 2.06. The summed E-state index contributed by atoms with van der Waals surface area (Å²) in [5, 5.41) is 4.28. The van der Waals surface area contributed by atoms with Gasteiger partial charge in [0.2, 0.25) is 0 Å². The summed E-state index contributed by atoms with van der Waals surface area (Å²) in [4.78, 5) is 8.14. The van der Waals surface area contributed by atoms with E-state index in [2.05, 4.69) is 15.1 Å². The second-order valence-corrected chi connectivity index (χ2v) is 3.14. The van der Waals surface area contributed by atoms with Gasteiger partial charge < -0.3 is 0 Å². The predicted octanol–water partition coefficient (Wildman–Crippen LogP) is 1.62. The number of alkyl halides is 1. The summed E-state index contributed by atoms with van der Waals surface area (Å²) in [6, 6.07) is 1.91. The first kappa shape index (κ1) is 9.15. The quantitative estimate of drug-likeness (QED) is 0.705. The van der Waals surface area contributed by atoms with Crippen molar-refractivity contribution >= 4 is 11.6 Å². The molecule has 0 aliphatic carbocycles. The molecule has 0 saturated heterocycles. The van der Waals surface area contributed by atoms with E-state index >= 15 is 0 Å². The summed E-state index contributed by atoms with van der Waals surface area (Å²) in [7, 11) is 1.86. The fourth-order valence-corrected chi connectivity index (χ4v) is 1.44. The smallest absolute Gasteiger partial charge is 0.113 e. The molecule has 4 nitrogen and oxygen atoms in total. The van der Waals surface area contributed by atoms with Crippen molar-refractivity contribution in [1.29, 1.82) is 0 Å². The van der Waals surface area contributed by atoms with Gasteiger partial charge in [-0.25, -0.2) is 0 Å². The van der Waals surface area contributed by atoms with Gasteiger partial charge >= 0.3 is 0 Å². The highest BCUT2D eigenvalue weighted by atomic mass is 35.5. The van der Waals surface area contributed by atoms with Crippen molar-refractivity contribution < 1.29 is 0 Å². The topological polar surface area (TPSA) is 43.6 Å². The van der Waals surface area contributed by atoms with Crippen LogP contribution < -0.4 is 0 Å². The van der Waals surface area contributed by atoms with Crippen LogP contribution in [0.5, 0.6) is 0 Å². The van der Waals surface area contributed by atoms with Crippen molar-refractivity contribution in [2.75, 3.05) is 0 Å². The molecule has 5 heteroatoms. The van der Waals surface area contributed by atoms with E-state index in [1.165, 1.54) is 0 Å². The lowest BCUT2D eigenvalue weighted by Crippen LogP contribution is -1.95. The zero-order valence-corrected chi connectivity index (χ0v) is 8.44. The van der Waals surface area contributed by atoms with Gasteiger partial charge in [-0.05, 0) is 6.07 Å². The summed E-state index contributed by atoms with van der Waals surface area (Å²) < 4.78 is 1.75.